The first-order valence-electron chi connectivity index (χ1n) is 7.96. The largest absolute Gasteiger partial charge is 0.490 e. The molecule has 27 heavy (non-hydrogen) atoms. The van der Waals surface area contributed by atoms with Crippen LogP contribution in [0.15, 0.2) is 60.7 Å². The van der Waals surface area contributed by atoms with Crippen molar-refractivity contribution in [1.82, 2.24) is 5.32 Å². The SMILES string of the molecule is CNC(=O)Oc1ccc(OC/C=C/COc2ccc(C(F)(F)F)cc2)cc1. The Hall–Kier alpha value is -3.16. The third-order valence-electron chi connectivity index (χ3n) is 3.28. The number of amides is 1. The average molecular weight is 381 g/mol. The van der Waals surface area contributed by atoms with Crippen LogP contribution in [-0.2, 0) is 6.18 Å². The molecule has 0 unspecified atom stereocenters. The molecular weight excluding hydrogens is 363 g/mol. The van der Waals surface area contributed by atoms with E-state index in [1.807, 2.05) is 0 Å². The van der Waals surface area contributed by atoms with Gasteiger partial charge in [-0.05, 0) is 60.7 Å². The Bertz CT molecular complexity index is 756. The van der Waals surface area contributed by atoms with Crippen molar-refractivity contribution in [1.29, 1.82) is 0 Å². The van der Waals surface area contributed by atoms with Crippen LogP contribution in [0.3, 0.4) is 0 Å². The van der Waals surface area contributed by atoms with Gasteiger partial charge >= 0.3 is 12.3 Å². The van der Waals surface area contributed by atoms with Crippen LogP contribution in [0.1, 0.15) is 5.56 Å². The number of carbonyl (C=O) groups is 1. The van der Waals surface area contributed by atoms with Crippen molar-refractivity contribution in [3.05, 3.63) is 66.2 Å². The fourth-order valence-electron chi connectivity index (χ4n) is 1.93. The summed E-state index contributed by atoms with van der Waals surface area (Å²) in [6, 6.07) is 11.0. The van der Waals surface area contributed by atoms with Crippen molar-refractivity contribution in [2.45, 2.75) is 6.18 Å². The molecule has 144 valence electrons. The smallest absolute Gasteiger partial charge is 0.416 e. The maximum absolute atomic E-state index is 12.5. The maximum atomic E-state index is 12.5. The lowest BCUT2D eigenvalue weighted by Crippen LogP contribution is -2.21. The fourth-order valence-corrected chi connectivity index (χ4v) is 1.93. The Morgan fingerprint density at radius 1 is 0.889 bits per heavy atom. The molecule has 0 saturated carbocycles. The number of hydrogen-bond acceptors (Lipinski definition) is 4. The minimum Gasteiger partial charge on any atom is -0.490 e. The second kappa shape index (κ2) is 9.51. The lowest BCUT2D eigenvalue weighted by Gasteiger charge is -2.08. The van der Waals surface area contributed by atoms with E-state index < -0.39 is 17.8 Å². The number of benzene rings is 2. The molecule has 5 nitrogen and oxygen atoms in total. The monoisotopic (exact) mass is 381 g/mol. The molecule has 2 rings (SSSR count). The zero-order chi connectivity index (χ0) is 19.7. The number of rotatable bonds is 7. The van der Waals surface area contributed by atoms with Crippen molar-refractivity contribution in [2.24, 2.45) is 0 Å². The van der Waals surface area contributed by atoms with Crippen molar-refractivity contribution < 1.29 is 32.2 Å². The van der Waals surface area contributed by atoms with Gasteiger partial charge in [-0.3, -0.25) is 0 Å². The minimum atomic E-state index is -4.36. The van der Waals surface area contributed by atoms with Gasteiger partial charge in [0.15, 0.2) is 0 Å². The first-order valence-corrected chi connectivity index (χ1v) is 7.96. The molecule has 1 amide bonds. The molecule has 0 aliphatic heterocycles. The lowest BCUT2D eigenvalue weighted by atomic mass is 10.2. The van der Waals surface area contributed by atoms with Gasteiger partial charge in [-0.15, -0.1) is 0 Å². The maximum Gasteiger partial charge on any atom is 0.416 e. The van der Waals surface area contributed by atoms with Crippen LogP contribution >= 0.6 is 0 Å². The molecule has 0 heterocycles. The van der Waals surface area contributed by atoms with Crippen LogP contribution in [0.4, 0.5) is 18.0 Å². The zero-order valence-corrected chi connectivity index (χ0v) is 14.5. The molecule has 0 atom stereocenters. The van der Waals surface area contributed by atoms with E-state index in [2.05, 4.69) is 5.32 Å². The van der Waals surface area contributed by atoms with E-state index in [9.17, 15) is 18.0 Å². The molecule has 0 bridgehead atoms. The van der Waals surface area contributed by atoms with Crippen LogP contribution in [0.25, 0.3) is 0 Å². The quantitative estimate of drug-likeness (QED) is 0.721. The van der Waals surface area contributed by atoms with Gasteiger partial charge in [0.05, 0.1) is 5.56 Å². The van der Waals surface area contributed by atoms with Crippen LogP contribution < -0.4 is 19.5 Å². The Morgan fingerprint density at radius 3 is 1.78 bits per heavy atom. The van der Waals surface area contributed by atoms with Crippen molar-refractivity contribution in [3.63, 3.8) is 0 Å². The summed E-state index contributed by atoms with van der Waals surface area (Å²) in [5.41, 5.74) is -0.717. The van der Waals surface area contributed by atoms with E-state index in [1.54, 1.807) is 36.4 Å². The van der Waals surface area contributed by atoms with Gasteiger partial charge < -0.3 is 19.5 Å². The molecular formula is C19H18F3NO4. The predicted octanol–water partition coefficient (Wildman–Crippen LogP) is 4.44. The van der Waals surface area contributed by atoms with Gasteiger partial charge in [0, 0.05) is 7.05 Å². The topological polar surface area (TPSA) is 56.8 Å². The Morgan fingerprint density at radius 2 is 1.33 bits per heavy atom. The Labute approximate surface area is 154 Å². The highest BCUT2D eigenvalue weighted by atomic mass is 19.4. The normalized spacial score (nSPS) is 11.3. The Kier molecular flexibility index (Phi) is 7.10. The lowest BCUT2D eigenvalue weighted by molar-refractivity contribution is -0.137. The Balaban J connectivity index is 1.70. The summed E-state index contributed by atoms with van der Waals surface area (Å²) < 4.78 is 53.1. The van der Waals surface area contributed by atoms with Gasteiger partial charge in [0.25, 0.3) is 0 Å². The van der Waals surface area contributed by atoms with Gasteiger partial charge in [-0.25, -0.2) is 4.79 Å². The first-order chi connectivity index (χ1) is 12.9. The standard InChI is InChI=1S/C19H18F3NO4/c1-23-18(24)27-17-10-8-16(9-11-17)26-13-3-2-12-25-15-6-4-14(5-7-15)19(20,21)22/h2-11H,12-13H2,1H3,(H,23,24)/b3-2+. The third-order valence-corrected chi connectivity index (χ3v) is 3.28. The zero-order valence-electron chi connectivity index (χ0n) is 14.5. The molecule has 0 aliphatic rings. The van der Waals surface area contributed by atoms with Gasteiger partial charge in [-0.1, -0.05) is 0 Å². The molecule has 2 aromatic carbocycles. The fraction of sp³-hybridized carbons (Fsp3) is 0.211. The number of ether oxygens (including phenoxy) is 3. The van der Waals surface area contributed by atoms with E-state index in [1.165, 1.54) is 19.2 Å². The van der Waals surface area contributed by atoms with Gasteiger partial charge in [0.1, 0.15) is 30.5 Å². The molecule has 8 heteroatoms. The van der Waals surface area contributed by atoms with E-state index in [0.29, 0.717) is 17.2 Å². The number of halogens is 3. The predicted molar refractivity (Wildman–Crippen MR) is 93.1 cm³/mol. The van der Waals surface area contributed by atoms with Crippen LogP contribution in [0.2, 0.25) is 0 Å². The first kappa shape index (κ1) is 20.2. The molecule has 0 saturated heterocycles. The summed E-state index contributed by atoms with van der Waals surface area (Å²) in [5, 5.41) is 2.34. The third kappa shape index (κ3) is 6.93. The minimum absolute atomic E-state index is 0.202. The van der Waals surface area contributed by atoms with Gasteiger partial charge in [0.2, 0.25) is 0 Å². The van der Waals surface area contributed by atoms with E-state index >= 15 is 0 Å². The van der Waals surface area contributed by atoms with Crippen molar-refractivity contribution in [3.8, 4) is 17.2 Å². The number of alkyl halides is 3. The van der Waals surface area contributed by atoms with Crippen LogP contribution in [0.5, 0.6) is 17.2 Å². The summed E-state index contributed by atoms with van der Waals surface area (Å²) >= 11 is 0. The molecule has 0 spiro atoms. The van der Waals surface area contributed by atoms with Gasteiger partial charge in [-0.2, -0.15) is 13.2 Å². The number of hydrogen-bond donors (Lipinski definition) is 1. The van der Waals surface area contributed by atoms with E-state index in [4.69, 9.17) is 14.2 Å². The molecule has 1 N–H and O–H groups in total. The highest BCUT2D eigenvalue weighted by molar-refractivity contribution is 5.69. The molecule has 0 aliphatic carbocycles. The van der Waals surface area contributed by atoms with E-state index in [-0.39, 0.29) is 13.2 Å². The summed E-state index contributed by atoms with van der Waals surface area (Å²) in [6.07, 6.45) is -1.50. The highest BCUT2D eigenvalue weighted by Gasteiger charge is 2.29. The van der Waals surface area contributed by atoms with Crippen LogP contribution in [-0.4, -0.2) is 26.4 Å². The summed E-state index contributed by atoms with van der Waals surface area (Å²) in [4.78, 5) is 11.1. The number of carbonyl (C=O) groups excluding carboxylic acids is 1. The molecule has 0 aromatic heterocycles. The van der Waals surface area contributed by atoms with Crippen LogP contribution in [0, 0.1) is 0 Å². The van der Waals surface area contributed by atoms with Crippen molar-refractivity contribution in [2.75, 3.05) is 20.3 Å². The second-order valence-electron chi connectivity index (χ2n) is 5.23. The highest BCUT2D eigenvalue weighted by Crippen LogP contribution is 2.30. The molecule has 0 fully saturated rings. The van der Waals surface area contributed by atoms with E-state index in [0.717, 1.165) is 12.1 Å². The molecule has 2 aromatic rings. The summed E-state index contributed by atoms with van der Waals surface area (Å²) in [7, 11) is 1.47. The summed E-state index contributed by atoms with van der Waals surface area (Å²) in [6.45, 7) is 0.486. The summed E-state index contributed by atoms with van der Waals surface area (Å²) in [5.74, 6) is 1.33. The molecule has 0 radical (unpaired) electrons. The average Bonchev–Trinajstić information content (AvgIpc) is 2.65. The second-order valence-corrected chi connectivity index (χ2v) is 5.23. The number of nitrogens with one attached hydrogen (secondary N) is 1. The van der Waals surface area contributed by atoms with Crippen molar-refractivity contribution >= 4 is 6.09 Å².